The van der Waals surface area contributed by atoms with E-state index in [0.29, 0.717) is 12.1 Å². The molecule has 3 N–H and O–H groups in total. The number of hydrogen-bond donors (Lipinski definition) is 4. The Balaban J connectivity index is 1.48. The van der Waals surface area contributed by atoms with Crippen LogP contribution in [0.15, 0.2) is 70.8 Å². The lowest BCUT2D eigenvalue weighted by molar-refractivity contribution is -0.164. The van der Waals surface area contributed by atoms with Crippen LogP contribution in [0.2, 0.25) is 0 Å². The zero-order chi connectivity index (χ0) is 28.1. The monoisotopic (exact) mass is 558 g/mol. The quantitative estimate of drug-likeness (QED) is 0.193. The van der Waals surface area contributed by atoms with Gasteiger partial charge in [-0.05, 0) is 66.0 Å². The van der Waals surface area contributed by atoms with Crippen LogP contribution in [0.25, 0.3) is 21.9 Å². The molecule has 1 saturated carbocycles. The zero-order valence-electron chi connectivity index (χ0n) is 22.6. The number of anilines is 1. The van der Waals surface area contributed by atoms with Crippen molar-refractivity contribution >= 4 is 41.0 Å². The minimum Gasteiger partial charge on any atom is -0.464 e. The van der Waals surface area contributed by atoms with Crippen molar-refractivity contribution in [1.82, 2.24) is 4.90 Å². The molecule has 5 atom stereocenters. The number of aliphatic hydroxyl groups is 2. The van der Waals surface area contributed by atoms with E-state index >= 15 is 0 Å². The molecule has 1 saturated heterocycles. The van der Waals surface area contributed by atoms with Crippen LogP contribution in [-0.4, -0.2) is 58.9 Å². The van der Waals surface area contributed by atoms with Crippen LogP contribution in [-0.2, 0) is 20.7 Å². The Bertz CT molecular complexity index is 1520. The molecular formula is C32H34N2O5S. The molecule has 1 amide bonds. The lowest BCUT2D eigenvalue weighted by Gasteiger charge is -2.47. The number of nitrogens with one attached hydrogen (secondary N) is 1. The predicted molar refractivity (Wildman–Crippen MR) is 157 cm³/mol. The number of ether oxygens (including phenoxy) is 1. The van der Waals surface area contributed by atoms with E-state index in [2.05, 4.69) is 29.6 Å². The Labute approximate surface area is 239 Å². The molecule has 7 nitrogen and oxygen atoms in total. The first-order chi connectivity index (χ1) is 19.4. The molecular weight excluding hydrogens is 524 g/mol. The second-order valence-electron chi connectivity index (χ2n) is 11.0. The topological polar surface area (TPSA) is 99.1 Å². The van der Waals surface area contributed by atoms with E-state index in [1.54, 1.807) is 11.8 Å². The number of benzene rings is 3. The van der Waals surface area contributed by atoms with Gasteiger partial charge in [0, 0.05) is 28.5 Å². The number of fused-ring (bicyclic) bond motifs is 4. The second-order valence-corrected chi connectivity index (χ2v) is 11.5. The Hall–Kier alpha value is -3.33. The number of rotatable bonds is 7. The van der Waals surface area contributed by atoms with E-state index in [0.717, 1.165) is 62.9 Å². The SMILES string of the molecule is COC(=O)C1=C2C(Nc3ccc(-c4ccccc4)c4c(CCO)ccc(S)c34)CCCC2C2C(C(C)O)C(=O)N12. The number of carbonyl (C=O) groups excluding carboxylic acids is 2. The molecule has 0 spiro atoms. The van der Waals surface area contributed by atoms with Crippen LogP contribution in [0.3, 0.4) is 0 Å². The van der Waals surface area contributed by atoms with E-state index in [1.807, 2.05) is 30.3 Å². The van der Waals surface area contributed by atoms with Gasteiger partial charge in [-0.15, -0.1) is 12.6 Å². The number of esters is 1. The molecule has 3 aromatic rings. The van der Waals surface area contributed by atoms with E-state index in [-0.39, 0.29) is 30.5 Å². The number of β-lactam (4-membered cyclic amide) rings is 1. The maximum absolute atomic E-state index is 13.1. The average Bonchev–Trinajstić information content (AvgIpc) is 3.25. The van der Waals surface area contributed by atoms with Crippen LogP contribution in [0.1, 0.15) is 31.7 Å². The fourth-order valence-electron chi connectivity index (χ4n) is 7.17. The van der Waals surface area contributed by atoms with Gasteiger partial charge < -0.3 is 25.2 Å². The Morgan fingerprint density at radius 1 is 1.12 bits per heavy atom. The summed E-state index contributed by atoms with van der Waals surface area (Å²) >= 11 is 4.87. The highest BCUT2D eigenvalue weighted by Crippen LogP contribution is 2.53. The first-order valence-corrected chi connectivity index (χ1v) is 14.4. The number of amides is 1. The number of carbonyl (C=O) groups is 2. The second kappa shape index (κ2) is 10.6. The number of nitrogens with zero attached hydrogens (tertiary/aromatic N) is 1. The van der Waals surface area contributed by atoms with Crippen molar-refractivity contribution < 1.29 is 24.5 Å². The largest absolute Gasteiger partial charge is 0.464 e. The molecule has 0 aromatic heterocycles. The lowest BCUT2D eigenvalue weighted by atomic mass is 9.71. The highest BCUT2D eigenvalue weighted by molar-refractivity contribution is 7.80. The fraction of sp³-hybridized carbons (Fsp3) is 0.375. The van der Waals surface area contributed by atoms with Gasteiger partial charge in [-0.25, -0.2) is 4.79 Å². The molecule has 2 heterocycles. The number of methoxy groups -OCH3 is 1. The molecule has 0 bridgehead atoms. The molecule has 0 radical (unpaired) electrons. The van der Waals surface area contributed by atoms with Crippen molar-refractivity contribution in [3.8, 4) is 11.1 Å². The molecule has 8 heteroatoms. The van der Waals surface area contributed by atoms with Crippen molar-refractivity contribution in [3.63, 3.8) is 0 Å². The molecule has 2 aliphatic heterocycles. The third-order valence-electron chi connectivity index (χ3n) is 8.82. The summed E-state index contributed by atoms with van der Waals surface area (Å²) in [7, 11) is 1.34. The van der Waals surface area contributed by atoms with E-state index in [9.17, 15) is 19.8 Å². The van der Waals surface area contributed by atoms with Gasteiger partial charge in [-0.2, -0.15) is 0 Å². The summed E-state index contributed by atoms with van der Waals surface area (Å²) in [5, 5.41) is 26.0. The highest BCUT2D eigenvalue weighted by Gasteiger charge is 2.62. The third kappa shape index (κ3) is 4.12. The summed E-state index contributed by atoms with van der Waals surface area (Å²) in [5.74, 6) is -1.27. The number of hydrogen-bond acceptors (Lipinski definition) is 7. The van der Waals surface area contributed by atoms with Gasteiger partial charge in [-0.3, -0.25) is 4.79 Å². The Morgan fingerprint density at radius 2 is 1.90 bits per heavy atom. The van der Waals surface area contributed by atoms with E-state index in [1.165, 1.54) is 7.11 Å². The van der Waals surface area contributed by atoms with Gasteiger partial charge in [0.1, 0.15) is 5.70 Å². The third-order valence-corrected chi connectivity index (χ3v) is 9.19. The van der Waals surface area contributed by atoms with E-state index in [4.69, 9.17) is 17.4 Å². The first-order valence-electron chi connectivity index (χ1n) is 13.9. The van der Waals surface area contributed by atoms with E-state index < -0.39 is 18.0 Å². The smallest absolute Gasteiger partial charge is 0.354 e. The standard InChI is InChI=1S/C32H34N2O5S/c1-17(36)25-29-21-9-6-10-22(27(21)30(32(38)39-2)34(29)31(25)37)33-23-13-12-20(18-7-4-3-5-8-18)26-19(15-16-35)11-14-24(40)28(23)26/h3-5,7-8,11-14,17,21-22,25,29,33,35-36,40H,6,9-10,15-16H2,1-2H3. The van der Waals surface area contributed by atoms with Crippen LogP contribution < -0.4 is 5.32 Å². The molecule has 208 valence electrons. The normalized spacial score (nSPS) is 24.4. The fourth-order valence-corrected chi connectivity index (χ4v) is 7.47. The molecule has 2 fully saturated rings. The van der Waals surface area contributed by atoms with Crippen molar-refractivity contribution in [2.24, 2.45) is 11.8 Å². The predicted octanol–water partition coefficient (Wildman–Crippen LogP) is 4.56. The summed E-state index contributed by atoms with van der Waals surface area (Å²) in [6.07, 6.45) is 2.29. The zero-order valence-corrected chi connectivity index (χ0v) is 23.5. The molecule has 3 aliphatic rings. The maximum atomic E-state index is 13.1. The lowest BCUT2D eigenvalue weighted by Crippen LogP contribution is -2.64. The van der Waals surface area contributed by atoms with Gasteiger partial charge in [0.25, 0.3) is 0 Å². The van der Waals surface area contributed by atoms with Crippen LogP contribution in [0.4, 0.5) is 5.69 Å². The summed E-state index contributed by atoms with van der Waals surface area (Å²) in [4.78, 5) is 28.5. The average molecular weight is 559 g/mol. The van der Waals surface area contributed by atoms with Gasteiger partial charge in [-0.1, -0.05) is 48.9 Å². The molecule has 3 aromatic carbocycles. The highest BCUT2D eigenvalue weighted by atomic mass is 32.1. The maximum Gasteiger partial charge on any atom is 0.354 e. The molecule has 6 rings (SSSR count). The minimum absolute atomic E-state index is 0.0204. The summed E-state index contributed by atoms with van der Waals surface area (Å²) in [5.41, 5.74) is 5.28. The van der Waals surface area contributed by atoms with Crippen LogP contribution in [0.5, 0.6) is 0 Å². The van der Waals surface area contributed by atoms with Crippen molar-refractivity contribution in [2.45, 2.75) is 55.7 Å². The first kappa shape index (κ1) is 26.9. The van der Waals surface area contributed by atoms with Gasteiger partial charge in [0.05, 0.1) is 31.2 Å². The van der Waals surface area contributed by atoms with Gasteiger partial charge in [0.15, 0.2) is 0 Å². The Kier molecular flexibility index (Phi) is 7.10. The van der Waals surface area contributed by atoms with Gasteiger partial charge in [0.2, 0.25) is 5.91 Å². The summed E-state index contributed by atoms with van der Waals surface area (Å²) in [6, 6.07) is 17.9. The number of aliphatic hydroxyl groups excluding tert-OH is 2. The minimum atomic E-state index is -0.786. The van der Waals surface area contributed by atoms with Gasteiger partial charge >= 0.3 is 5.97 Å². The van der Waals surface area contributed by atoms with Crippen LogP contribution in [0, 0.1) is 11.8 Å². The number of thiol groups is 1. The molecule has 1 aliphatic carbocycles. The van der Waals surface area contributed by atoms with Crippen molar-refractivity contribution in [2.75, 3.05) is 19.0 Å². The summed E-state index contributed by atoms with van der Waals surface area (Å²) < 4.78 is 5.16. The molecule has 5 unspecified atom stereocenters. The molecule has 40 heavy (non-hydrogen) atoms. The van der Waals surface area contributed by atoms with Crippen molar-refractivity contribution in [3.05, 3.63) is 71.4 Å². The Morgan fingerprint density at radius 3 is 2.60 bits per heavy atom. The summed E-state index contributed by atoms with van der Waals surface area (Å²) in [6.45, 7) is 1.68. The van der Waals surface area contributed by atoms with Crippen molar-refractivity contribution in [1.29, 1.82) is 0 Å². The van der Waals surface area contributed by atoms with Crippen LogP contribution >= 0.6 is 12.6 Å².